The number of anilines is 2. The van der Waals surface area contributed by atoms with E-state index in [2.05, 4.69) is 24.4 Å². The molecule has 0 saturated carbocycles. The Bertz CT molecular complexity index is 877. The summed E-state index contributed by atoms with van der Waals surface area (Å²) in [6, 6.07) is 7.32. The molecule has 0 aliphatic carbocycles. The third kappa shape index (κ3) is 4.10. The van der Waals surface area contributed by atoms with Crippen LogP contribution in [0.1, 0.15) is 30.8 Å². The van der Waals surface area contributed by atoms with Crippen LogP contribution in [0.4, 0.5) is 11.6 Å². The van der Waals surface area contributed by atoms with E-state index in [1.165, 1.54) is 0 Å². The fourth-order valence-corrected chi connectivity index (χ4v) is 3.31. The van der Waals surface area contributed by atoms with E-state index >= 15 is 0 Å². The Hall–Kier alpha value is -2.68. The normalized spacial score (nSPS) is 16.3. The summed E-state index contributed by atoms with van der Waals surface area (Å²) in [4.78, 5) is 8.81. The Kier molecular flexibility index (Phi) is 4.82. The maximum Gasteiger partial charge on any atom is 0.245 e. The molecule has 2 aromatic rings. The van der Waals surface area contributed by atoms with Crippen molar-refractivity contribution in [1.82, 2.24) is 9.97 Å². The van der Waals surface area contributed by atoms with Crippen LogP contribution in [0.15, 0.2) is 28.7 Å². The Labute approximate surface area is 155 Å². The number of rotatable bonds is 5. The first-order chi connectivity index (χ1) is 12.2. The van der Waals surface area contributed by atoms with Crippen molar-refractivity contribution >= 4 is 28.6 Å². The van der Waals surface area contributed by atoms with Gasteiger partial charge in [0.2, 0.25) is 17.1 Å². The van der Waals surface area contributed by atoms with E-state index in [9.17, 15) is 4.21 Å². The summed E-state index contributed by atoms with van der Waals surface area (Å²) >= 11 is -1.56. The number of aryl methyl sites for hydroxylation is 2. The molecule has 2 heterocycles. The third-order valence-corrected chi connectivity index (χ3v) is 4.44. The molecule has 0 bridgehead atoms. The molecule has 1 atom stereocenters. The zero-order valence-electron chi connectivity index (χ0n) is 15.2. The second-order valence-corrected chi connectivity index (χ2v) is 7.66. The van der Waals surface area contributed by atoms with Gasteiger partial charge < -0.3 is 15.8 Å². The number of ether oxygens (including phenoxy) is 1. The van der Waals surface area contributed by atoms with Crippen LogP contribution in [-0.2, 0) is 11.2 Å². The minimum absolute atomic E-state index is 0.191. The molecular formula is C17H22N6O2S. The van der Waals surface area contributed by atoms with E-state index in [1.54, 1.807) is 12.1 Å². The summed E-state index contributed by atoms with van der Waals surface area (Å²) in [6.07, 6.45) is 0. The number of benzene rings is 1. The quantitative estimate of drug-likeness (QED) is 0.738. The van der Waals surface area contributed by atoms with Gasteiger partial charge >= 0.3 is 0 Å². The Morgan fingerprint density at radius 3 is 2.65 bits per heavy atom. The molecule has 0 radical (unpaired) electrons. The van der Waals surface area contributed by atoms with Gasteiger partial charge in [-0.2, -0.15) is 4.40 Å². The minimum Gasteiger partial charge on any atom is -0.490 e. The molecule has 1 aromatic carbocycles. The highest BCUT2D eigenvalue weighted by atomic mass is 32.2. The number of hydrogen-bond donors (Lipinski definition) is 3. The molecule has 0 spiro atoms. The first kappa shape index (κ1) is 18.1. The van der Waals surface area contributed by atoms with Crippen molar-refractivity contribution in [2.24, 2.45) is 10.1 Å². The van der Waals surface area contributed by atoms with Crippen LogP contribution in [0.3, 0.4) is 0 Å². The maximum absolute atomic E-state index is 11.6. The van der Waals surface area contributed by atoms with Gasteiger partial charge in [0.25, 0.3) is 0 Å². The highest BCUT2D eigenvalue weighted by Crippen LogP contribution is 2.30. The van der Waals surface area contributed by atoms with Crippen LogP contribution in [0.2, 0.25) is 0 Å². The van der Waals surface area contributed by atoms with Crippen molar-refractivity contribution in [1.29, 1.82) is 0 Å². The molecule has 1 aromatic heterocycles. The average molecular weight is 374 g/mol. The van der Waals surface area contributed by atoms with Gasteiger partial charge in [0.1, 0.15) is 18.2 Å². The zero-order valence-corrected chi connectivity index (χ0v) is 16.0. The monoisotopic (exact) mass is 374 g/mol. The van der Waals surface area contributed by atoms with Gasteiger partial charge in [-0.05, 0) is 45.9 Å². The van der Waals surface area contributed by atoms with E-state index in [0.717, 1.165) is 11.4 Å². The Morgan fingerprint density at radius 2 is 1.96 bits per heavy atom. The number of nitrogens with one attached hydrogen (secondary N) is 2. The largest absolute Gasteiger partial charge is 0.490 e. The van der Waals surface area contributed by atoms with E-state index in [0.29, 0.717) is 29.6 Å². The van der Waals surface area contributed by atoms with Crippen molar-refractivity contribution in [2.75, 3.05) is 16.6 Å². The highest BCUT2D eigenvalue weighted by molar-refractivity contribution is 7.85. The number of nitrogens with two attached hydrogens (primary N) is 1. The molecule has 0 saturated heterocycles. The molecule has 1 unspecified atom stereocenters. The summed E-state index contributed by atoms with van der Waals surface area (Å²) in [5, 5.41) is 3.30. The van der Waals surface area contributed by atoms with Gasteiger partial charge in [-0.15, -0.1) is 0 Å². The topological polar surface area (TPSA) is 115 Å². The van der Waals surface area contributed by atoms with Gasteiger partial charge in [0.05, 0.1) is 16.8 Å². The van der Waals surface area contributed by atoms with Gasteiger partial charge in [-0.3, -0.25) is 4.72 Å². The molecule has 1 aliphatic heterocycles. The van der Waals surface area contributed by atoms with E-state index in [4.69, 9.17) is 10.5 Å². The fraction of sp³-hybridized carbons (Fsp3) is 0.353. The second kappa shape index (κ2) is 6.91. The van der Waals surface area contributed by atoms with Crippen LogP contribution < -0.4 is 20.5 Å². The smallest absolute Gasteiger partial charge is 0.245 e. The fourth-order valence-electron chi connectivity index (χ4n) is 2.63. The van der Waals surface area contributed by atoms with Crippen molar-refractivity contribution in [3.63, 3.8) is 0 Å². The summed E-state index contributed by atoms with van der Waals surface area (Å²) in [5.74, 6) is 1.32. The molecule has 0 amide bonds. The van der Waals surface area contributed by atoms with Gasteiger partial charge in [-0.25, -0.2) is 14.2 Å². The zero-order chi connectivity index (χ0) is 18.9. The lowest BCUT2D eigenvalue weighted by Crippen LogP contribution is -2.39. The van der Waals surface area contributed by atoms with Gasteiger partial charge in [-0.1, -0.05) is 6.07 Å². The number of amidine groups is 1. The van der Waals surface area contributed by atoms with Crippen molar-refractivity contribution in [2.45, 2.75) is 33.2 Å². The average Bonchev–Trinajstić information content (AvgIpc) is 2.50. The predicted molar refractivity (Wildman–Crippen MR) is 104 cm³/mol. The standard InChI is InChI=1S/C17H22N6O2S/c1-10-8-11(2)20-16(19-10)21-17(3,4)9-25-13-7-5-6-12-14(13)15(18)23-26(24)22-12/h5-8,22H,9H2,1-4H3,(H2,18,23)(H,19,20,21). The lowest BCUT2D eigenvalue weighted by atomic mass is 10.1. The lowest BCUT2D eigenvalue weighted by molar-refractivity contribution is 0.255. The first-order valence-corrected chi connectivity index (χ1v) is 9.23. The van der Waals surface area contributed by atoms with E-state index in [1.807, 2.05) is 39.8 Å². The molecular weight excluding hydrogens is 352 g/mol. The summed E-state index contributed by atoms with van der Waals surface area (Å²) in [7, 11) is 0. The number of nitrogens with zero attached hydrogens (tertiary/aromatic N) is 3. The van der Waals surface area contributed by atoms with Crippen LogP contribution >= 0.6 is 0 Å². The number of hydrogen-bond acceptors (Lipinski definition) is 6. The minimum atomic E-state index is -1.56. The molecule has 4 N–H and O–H groups in total. The SMILES string of the molecule is Cc1cc(C)nc(NC(C)(C)COc2cccc3c2C(N)=NS(=O)N3)n1. The first-order valence-electron chi connectivity index (χ1n) is 8.13. The Morgan fingerprint density at radius 1 is 1.27 bits per heavy atom. The molecule has 26 heavy (non-hydrogen) atoms. The maximum atomic E-state index is 11.6. The summed E-state index contributed by atoms with van der Waals surface area (Å²) < 4.78 is 24.2. The van der Waals surface area contributed by atoms with Crippen LogP contribution in [0.5, 0.6) is 5.75 Å². The van der Waals surface area contributed by atoms with E-state index < -0.39 is 16.7 Å². The number of fused-ring (bicyclic) bond motifs is 1. The lowest BCUT2D eigenvalue weighted by Gasteiger charge is -2.27. The van der Waals surface area contributed by atoms with Crippen LogP contribution in [0.25, 0.3) is 0 Å². The van der Waals surface area contributed by atoms with Gasteiger partial charge in [0.15, 0.2) is 0 Å². The molecule has 138 valence electrons. The summed E-state index contributed by atoms with van der Waals surface area (Å²) in [6.45, 7) is 8.19. The molecule has 8 nitrogen and oxygen atoms in total. The predicted octanol–water partition coefficient (Wildman–Crippen LogP) is 2.07. The van der Waals surface area contributed by atoms with Crippen molar-refractivity contribution in [3.05, 3.63) is 41.2 Å². The Balaban J connectivity index is 1.76. The van der Waals surface area contributed by atoms with E-state index in [-0.39, 0.29) is 5.84 Å². The second-order valence-electron chi connectivity index (χ2n) is 6.78. The molecule has 9 heteroatoms. The van der Waals surface area contributed by atoms with Crippen LogP contribution in [0, 0.1) is 13.8 Å². The van der Waals surface area contributed by atoms with Crippen LogP contribution in [-0.4, -0.2) is 32.2 Å². The van der Waals surface area contributed by atoms with Crippen molar-refractivity contribution in [3.8, 4) is 5.75 Å². The third-order valence-electron chi connectivity index (χ3n) is 3.68. The summed E-state index contributed by atoms with van der Waals surface area (Å²) in [5.41, 5.74) is 8.56. The van der Waals surface area contributed by atoms with Gasteiger partial charge in [0, 0.05) is 11.4 Å². The van der Waals surface area contributed by atoms with Crippen molar-refractivity contribution < 1.29 is 8.95 Å². The highest BCUT2D eigenvalue weighted by Gasteiger charge is 2.24. The molecule has 0 fully saturated rings. The number of aromatic nitrogens is 2. The molecule has 3 rings (SSSR count). The molecule has 1 aliphatic rings.